The van der Waals surface area contributed by atoms with Crippen molar-refractivity contribution in [3.05, 3.63) is 0 Å². The first-order chi connectivity index (χ1) is 5.31. The van der Waals surface area contributed by atoms with E-state index in [-0.39, 0.29) is 5.91 Å². The smallest absolute Gasteiger partial charge is 0.219 e. The van der Waals surface area contributed by atoms with E-state index < -0.39 is 0 Å². The maximum Gasteiger partial charge on any atom is 0.219 e. The Hall–Kier alpha value is -1.18. The molecule has 0 aliphatic heterocycles. The maximum absolute atomic E-state index is 10.9. The molecular weight excluding hydrogens is 405 g/mol. The van der Waals surface area contributed by atoms with E-state index in [0.717, 1.165) is 25.8 Å². The van der Waals surface area contributed by atoms with Gasteiger partial charge in [-0.3, -0.25) is 4.79 Å². The topological polar surface area (TPSA) is 29.1 Å². The fourth-order valence-electron chi connectivity index (χ4n) is 0.726. The maximum atomic E-state index is 10.9. The summed E-state index contributed by atoms with van der Waals surface area (Å²) in [5, 5.41) is 2.83. The van der Waals surface area contributed by atoms with Crippen LogP contribution in [0.4, 0.5) is 0 Å². The Labute approximate surface area is 74.2 Å². The third-order valence-corrected chi connectivity index (χ3v) is 1.69. The van der Waals surface area contributed by atoms with E-state index in [2.05, 4.69) is 12.2 Å². The van der Waals surface area contributed by atoms with Crippen molar-refractivity contribution in [2.45, 2.75) is 32.6 Å². The largest absolute Gasteiger partial charge is 0.793 e. The molecule has 2 nitrogen and oxygen atoms in total. The molecule has 12 heavy (non-hydrogen) atoms. The minimum atomic E-state index is 0. The Morgan fingerprint density at radius 1 is 1.42 bits per heavy atom. The van der Waals surface area contributed by atoms with Gasteiger partial charge in [0.15, 0.2) is 0 Å². The summed E-state index contributed by atoms with van der Waals surface area (Å²) in [6, 6.07) is 0. The van der Waals surface area contributed by atoms with Crippen molar-refractivity contribution < 1.29 is 4.79 Å². The van der Waals surface area contributed by atoms with E-state index in [0.29, 0.717) is 12.2 Å². The van der Waals surface area contributed by atoms with Crippen LogP contribution in [-0.4, -0.2) is 18.2 Å². The van der Waals surface area contributed by atoms with Gasteiger partial charge in [-0.15, -0.1) is 0 Å². The zero-order valence-corrected chi connectivity index (χ0v) is 11.2. The van der Waals surface area contributed by atoms with E-state index in [9.17, 15) is 4.79 Å². The summed E-state index contributed by atoms with van der Waals surface area (Å²) in [5.74, 6) is 0.824. The molecule has 1 N–H and O–H groups in total. The van der Waals surface area contributed by atoms with Crippen LogP contribution in [0, 0.1) is 0 Å². The molecule has 0 bridgehead atoms. The standard InChI is InChI=1S/C8H17NOS.Cm/c1-2-3-6-9-8(10)5-4-7-11;/h11H,2-7H2,1H3,(H,9,10);/p-1. The van der Waals surface area contributed by atoms with E-state index in [1.54, 1.807) is 0 Å². The summed E-state index contributed by atoms with van der Waals surface area (Å²) in [4.78, 5) is 10.9. The van der Waals surface area contributed by atoms with Crippen LogP contribution in [0.2, 0.25) is 0 Å². The second-order valence-electron chi connectivity index (χ2n) is 2.51. The number of nitrogens with one attached hydrogen (secondary N) is 1. The molecule has 0 unspecified atom stereocenters. The van der Waals surface area contributed by atoms with Crippen molar-refractivity contribution in [2.75, 3.05) is 12.3 Å². The second kappa shape index (κ2) is 9.82. The summed E-state index contributed by atoms with van der Waals surface area (Å²) in [5.41, 5.74) is 0. The SMILES string of the molecule is CCCCNC(=O)CCC[S-].[Cm]. The summed E-state index contributed by atoms with van der Waals surface area (Å²) in [6.07, 6.45) is 3.61. The van der Waals surface area contributed by atoms with Gasteiger partial charge in [0.05, 0.1) is 0 Å². The number of carbonyl (C=O) groups is 1. The molecule has 0 aliphatic rings. The van der Waals surface area contributed by atoms with Crippen LogP contribution in [-0.2, 0) is 17.4 Å². The van der Waals surface area contributed by atoms with Crippen molar-refractivity contribution in [3.8, 4) is 0 Å². The molecule has 0 aliphatic carbocycles. The van der Waals surface area contributed by atoms with Crippen LogP contribution >= 0.6 is 0 Å². The molecular formula is C8H16CmNOS-. The van der Waals surface area contributed by atoms with Gasteiger partial charge in [-0.2, -0.15) is 5.75 Å². The number of amides is 1. The normalized spacial score (nSPS) is 8.83. The summed E-state index contributed by atoms with van der Waals surface area (Å²) in [7, 11) is 0. The minimum Gasteiger partial charge on any atom is -0.793 e. The molecule has 0 fully saturated rings. The molecule has 0 saturated heterocycles. The van der Waals surface area contributed by atoms with Crippen molar-refractivity contribution in [1.82, 2.24) is 5.32 Å². The molecule has 0 aromatic carbocycles. The van der Waals surface area contributed by atoms with Crippen molar-refractivity contribution in [1.29, 1.82) is 0 Å². The van der Waals surface area contributed by atoms with E-state index in [1.165, 1.54) is 0 Å². The molecule has 0 rings (SSSR count). The predicted octanol–water partition coefficient (Wildman–Crippen LogP) is 1.23. The molecule has 0 heterocycles. The molecule has 0 aromatic heterocycles. The molecule has 0 spiro atoms. The quantitative estimate of drug-likeness (QED) is 0.517. The predicted molar refractivity (Wildman–Crippen MR) is 49.4 cm³/mol. The number of carbonyl (C=O) groups excluding carboxylic acids is 1. The second-order valence-corrected chi connectivity index (χ2v) is 2.92. The average Bonchev–Trinajstić information content (AvgIpc) is 2.01. The van der Waals surface area contributed by atoms with Gasteiger partial charge in [-0.25, -0.2) is 0 Å². The summed E-state index contributed by atoms with van der Waals surface area (Å²) >= 11 is 4.73. The van der Waals surface area contributed by atoms with Gasteiger partial charge in [0.1, 0.15) is 0 Å². The Morgan fingerprint density at radius 2 is 2.08 bits per heavy atom. The van der Waals surface area contributed by atoms with Gasteiger partial charge in [-0.1, -0.05) is 19.8 Å². The third-order valence-electron chi connectivity index (χ3n) is 1.40. The van der Waals surface area contributed by atoms with Crippen LogP contribution in [0.25, 0.3) is 0 Å². The van der Waals surface area contributed by atoms with Crippen LogP contribution in [0.1, 0.15) is 32.6 Å². The number of unbranched alkanes of at least 4 members (excludes halogenated alkanes) is 1. The Bertz CT molecular complexity index is 111. The summed E-state index contributed by atoms with van der Waals surface area (Å²) < 4.78 is 0. The molecule has 0 radical (unpaired) electrons. The molecule has 1 amide bonds. The van der Waals surface area contributed by atoms with Gasteiger partial charge >= 0.3 is 0 Å². The van der Waals surface area contributed by atoms with Gasteiger partial charge < -0.3 is 17.9 Å². The first kappa shape index (κ1) is 13.4. The number of hydrogen-bond acceptors (Lipinski definition) is 2. The molecule has 74 valence electrons. The van der Waals surface area contributed by atoms with Gasteiger partial charge in [0, 0.05) is 13.0 Å². The zero-order chi connectivity index (χ0) is 8.53. The van der Waals surface area contributed by atoms with E-state index in [4.69, 9.17) is 12.6 Å². The van der Waals surface area contributed by atoms with E-state index in [1.807, 2.05) is 0 Å². The monoisotopic (exact) mass is 417 g/mol. The van der Waals surface area contributed by atoms with Gasteiger partial charge in [-0.05, 0) is 6.42 Å². The van der Waals surface area contributed by atoms with Crippen LogP contribution < -0.4 is 5.32 Å². The minimum absolute atomic E-state index is 0. The van der Waals surface area contributed by atoms with Gasteiger partial charge in [0.2, 0.25) is 5.91 Å². The van der Waals surface area contributed by atoms with Crippen molar-refractivity contribution in [2.24, 2.45) is 0 Å². The summed E-state index contributed by atoms with van der Waals surface area (Å²) in [6.45, 7) is 2.92. The number of hydrogen-bond donors (Lipinski definition) is 1. The van der Waals surface area contributed by atoms with E-state index >= 15 is 0 Å². The molecule has 0 atom stereocenters. The fraction of sp³-hybridized carbons (Fsp3) is 0.875. The zero-order valence-electron chi connectivity index (χ0n) is 7.41. The molecule has 0 saturated carbocycles. The molecule has 4 heteroatoms. The Kier molecular flexibility index (Phi) is 11.0. The van der Waals surface area contributed by atoms with Crippen molar-refractivity contribution in [3.63, 3.8) is 0 Å². The fourth-order valence-corrected chi connectivity index (χ4v) is 0.870. The molecule has 0 aromatic rings. The van der Waals surface area contributed by atoms with Crippen LogP contribution in [0.15, 0.2) is 0 Å². The van der Waals surface area contributed by atoms with Crippen molar-refractivity contribution >= 4 is 18.5 Å². The van der Waals surface area contributed by atoms with Crippen LogP contribution in [0.5, 0.6) is 0 Å². The average molecular weight is 421 g/mol. The van der Waals surface area contributed by atoms with Crippen LogP contribution in [0.3, 0.4) is 0 Å². The Balaban J connectivity index is 0. The first-order valence-corrected chi connectivity index (χ1v) is 4.73. The third kappa shape index (κ3) is 8.82. The number of rotatable bonds is 6. The van der Waals surface area contributed by atoms with Gasteiger partial charge in [0.25, 0.3) is 0 Å². The first-order valence-electron chi connectivity index (χ1n) is 4.16. The Morgan fingerprint density at radius 3 is 2.58 bits per heavy atom.